The van der Waals surface area contributed by atoms with E-state index in [9.17, 15) is 18.4 Å². The van der Waals surface area contributed by atoms with Crippen molar-refractivity contribution >= 4 is 35.0 Å². The molecule has 1 atom stereocenters. The summed E-state index contributed by atoms with van der Waals surface area (Å²) in [6.07, 6.45) is 0. The standard InChI is InChI=1S/C23H18F2N2O2S/c1-14-2-4-15(5-3-14)22(29)26-18-9-6-16(7-10-18)23-27(21(28)13-30-23)20-11-8-17(24)12-19(20)25/h2-12,23H,13H2,1H3,(H,26,29)/t23-/m1/s1. The molecule has 1 heterocycles. The summed E-state index contributed by atoms with van der Waals surface area (Å²) in [5.41, 5.74) is 3.07. The number of benzene rings is 3. The van der Waals surface area contributed by atoms with Gasteiger partial charge in [0.25, 0.3) is 5.91 Å². The number of aryl methyl sites for hydroxylation is 1. The number of nitrogens with zero attached hydrogens (tertiary/aromatic N) is 1. The maximum atomic E-state index is 14.3. The molecule has 0 spiro atoms. The Kier molecular flexibility index (Phi) is 5.55. The Morgan fingerprint density at radius 2 is 1.73 bits per heavy atom. The van der Waals surface area contributed by atoms with Crippen LogP contribution in [0.4, 0.5) is 20.2 Å². The first-order valence-corrected chi connectivity index (χ1v) is 10.3. The van der Waals surface area contributed by atoms with E-state index in [4.69, 9.17) is 0 Å². The van der Waals surface area contributed by atoms with Crippen LogP contribution in [0.3, 0.4) is 0 Å². The number of anilines is 2. The number of hydrogen-bond donors (Lipinski definition) is 1. The highest BCUT2D eigenvalue weighted by Gasteiger charge is 2.35. The van der Waals surface area contributed by atoms with Crippen LogP contribution in [-0.2, 0) is 4.79 Å². The molecule has 30 heavy (non-hydrogen) atoms. The Labute approximate surface area is 176 Å². The third kappa shape index (κ3) is 4.07. The molecule has 152 valence electrons. The molecule has 1 N–H and O–H groups in total. The summed E-state index contributed by atoms with van der Waals surface area (Å²) in [7, 11) is 0. The Bertz CT molecular complexity index is 1100. The molecule has 1 fully saturated rings. The number of hydrogen-bond acceptors (Lipinski definition) is 3. The minimum absolute atomic E-state index is 0.0492. The molecule has 1 aliphatic rings. The van der Waals surface area contributed by atoms with E-state index in [1.165, 1.54) is 22.7 Å². The third-order valence-electron chi connectivity index (χ3n) is 4.80. The zero-order valence-corrected chi connectivity index (χ0v) is 16.9. The molecular weight excluding hydrogens is 406 g/mol. The normalized spacial score (nSPS) is 16.0. The van der Waals surface area contributed by atoms with Crippen molar-refractivity contribution in [3.63, 3.8) is 0 Å². The van der Waals surface area contributed by atoms with Crippen LogP contribution in [-0.4, -0.2) is 17.6 Å². The monoisotopic (exact) mass is 424 g/mol. The van der Waals surface area contributed by atoms with Crippen LogP contribution in [0.25, 0.3) is 0 Å². The SMILES string of the molecule is Cc1ccc(C(=O)Nc2ccc([C@H]3SCC(=O)N3c3ccc(F)cc3F)cc2)cc1. The summed E-state index contributed by atoms with van der Waals surface area (Å²) in [5.74, 6) is -1.73. The number of thioether (sulfide) groups is 1. The maximum absolute atomic E-state index is 14.3. The average Bonchev–Trinajstić information content (AvgIpc) is 3.10. The van der Waals surface area contributed by atoms with Crippen molar-refractivity contribution in [3.8, 4) is 0 Å². The van der Waals surface area contributed by atoms with E-state index in [0.717, 1.165) is 23.3 Å². The highest BCUT2D eigenvalue weighted by Crippen LogP contribution is 2.42. The zero-order chi connectivity index (χ0) is 21.3. The molecule has 3 aromatic rings. The Morgan fingerprint density at radius 1 is 1.03 bits per heavy atom. The first-order valence-electron chi connectivity index (χ1n) is 9.29. The fourth-order valence-corrected chi connectivity index (χ4v) is 4.42. The van der Waals surface area contributed by atoms with E-state index in [1.807, 2.05) is 19.1 Å². The first kappa shape index (κ1) is 20.1. The predicted molar refractivity (Wildman–Crippen MR) is 115 cm³/mol. The van der Waals surface area contributed by atoms with Gasteiger partial charge in [-0.25, -0.2) is 8.78 Å². The van der Waals surface area contributed by atoms with Crippen molar-refractivity contribution in [3.05, 3.63) is 95.1 Å². The highest BCUT2D eigenvalue weighted by molar-refractivity contribution is 8.00. The van der Waals surface area contributed by atoms with Crippen molar-refractivity contribution in [1.29, 1.82) is 0 Å². The maximum Gasteiger partial charge on any atom is 0.255 e. The molecule has 1 aliphatic heterocycles. The van der Waals surface area contributed by atoms with Crippen molar-refractivity contribution in [2.24, 2.45) is 0 Å². The lowest BCUT2D eigenvalue weighted by Crippen LogP contribution is -2.28. The van der Waals surface area contributed by atoms with Crippen molar-refractivity contribution in [1.82, 2.24) is 0 Å². The number of carbonyl (C=O) groups excluding carboxylic acids is 2. The number of carbonyl (C=O) groups is 2. The molecule has 0 saturated carbocycles. The van der Waals surface area contributed by atoms with Crippen LogP contribution in [0.1, 0.15) is 26.9 Å². The molecule has 3 aromatic carbocycles. The van der Waals surface area contributed by atoms with E-state index in [0.29, 0.717) is 11.3 Å². The van der Waals surface area contributed by atoms with Crippen molar-refractivity contribution in [2.45, 2.75) is 12.3 Å². The molecule has 0 radical (unpaired) electrons. The van der Waals surface area contributed by atoms with Crippen molar-refractivity contribution in [2.75, 3.05) is 16.0 Å². The number of nitrogens with one attached hydrogen (secondary N) is 1. The van der Waals surface area contributed by atoms with Crippen LogP contribution in [0.5, 0.6) is 0 Å². The largest absolute Gasteiger partial charge is 0.322 e. The minimum Gasteiger partial charge on any atom is -0.322 e. The van der Waals surface area contributed by atoms with Crippen LogP contribution in [0.15, 0.2) is 66.7 Å². The second kappa shape index (κ2) is 8.28. The van der Waals surface area contributed by atoms with E-state index in [-0.39, 0.29) is 23.3 Å². The van der Waals surface area contributed by atoms with Crippen LogP contribution in [0, 0.1) is 18.6 Å². The van der Waals surface area contributed by atoms with Gasteiger partial charge in [0.05, 0.1) is 11.4 Å². The lowest BCUT2D eigenvalue weighted by Gasteiger charge is -2.25. The summed E-state index contributed by atoms with van der Waals surface area (Å²) < 4.78 is 27.5. The van der Waals surface area contributed by atoms with Gasteiger partial charge in [-0.3, -0.25) is 14.5 Å². The van der Waals surface area contributed by atoms with Crippen LogP contribution >= 0.6 is 11.8 Å². The Balaban J connectivity index is 1.53. The molecule has 1 saturated heterocycles. The molecule has 0 aromatic heterocycles. The number of halogens is 2. The van der Waals surface area contributed by atoms with Gasteiger partial charge in [-0.05, 0) is 48.9 Å². The number of rotatable bonds is 4. The molecular formula is C23H18F2N2O2S. The van der Waals surface area contributed by atoms with Gasteiger partial charge in [0.1, 0.15) is 17.0 Å². The first-order chi connectivity index (χ1) is 14.4. The third-order valence-corrected chi connectivity index (χ3v) is 6.02. The summed E-state index contributed by atoms with van der Waals surface area (Å²) in [6.45, 7) is 1.95. The molecule has 0 unspecified atom stereocenters. The molecule has 2 amide bonds. The average molecular weight is 424 g/mol. The van der Waals surface area contributed by atoms with E-state index < -0.39 is 17.0 Å². The molecule has 4 rings (SSSR count). The lowest BCUT2D eigenvalue weighted by atomic mass is 10.1. The van der Waals surface area contributed by atoms with Gasteiger partial charge in [0.2, 0.25) is 5.91 Å². The topological polar surface area (TPSA) is 49.4 Å². The fourth-order valence-electron chi connectivity index (χ4n) is 3.25. The lowest BCUT2D eigenvalue weighted by molar-refractivity contribution is -0.115. The predicted octanol–water partition coefficient (Wildman–Crippen LogP) is 5.30. The van der Waals surface area contributed by atoms with E-state index >= 15 is 0 Å². The fraction of sp³-hybridized carbons (Fsp3) is 0.130. The van der Waals surface area contributed by atoms with Crippen molar-refractivity contribution < 1.29 is 18.4 Å². The number of amides is 2. The van der Waals surface area contributed by atoms with Gasteiger partial charge < -0.3 is 5.32 Å². The summed E-state index contributed by atoms with van der Waals surface area (Å²) in [6, 6.07) is 17.5. The second-order valence-electron chi connectivity index (χ2n) is 6.96. The van der Waals surface area contributed by atoms with E-state index in [2.05, 4.69) is 5.32 Å². The molecule has 0 aliphatic carbocycles. The van der Waals surface area contributed by atoms with Crippen LogP contribution < -0.4 is 10.2 Å². The van der Waals surface area contributed by atoms with Gasteiger partial charge in [-0.15, -0.1) is 11.8 Å². The smallest absolute Gasteiger partial charge is 0.255 e. The van der Waals surface area contributed by atoms with E-state index in [1.54, 1.807) is 36.4 Å². The quantitative estimate of drug-likeness (QED) is 0.618. The Hall–Kier alpha value is -3.19. The minimum atomic E-state index is -0.780. The summed E-state index contributed by atoms with van der Waals surface area (Å²) >= 11 is 1.37. The summed E-state index contributed by atoms with van der Waals surface area (Å²) in [5, 5.41) is 2.40. The molecule has 4 nitrogen and oxygen atoms in total. The molecule has 7 heteroatoms. The van der Waals surface area contributed by atoms with Gasteiger partial charge in [0, 0.05) is 17.3 Å². The zero-order valence-electron chi connectivity index (χ0n) is 16.1. The van der Waals surface area contributed by atoms with Gasteiger partial charge >= 0.3 is 0 Å². The second-order valence-corrected chi connectivity index (χ2v) is 8.03. The van der Waals surface area contributed by atoms with Gasteiger partial charge in [-0.2, -0.15) is 0 Å². The highest BCUT2D eigenvalue weighted by atomic mass is 32.2. The van der Waals surface area contributed by atoms with Crippen LogP contribution in [0.2, 0.25) is 0 Å². The summed E-state index contributed by atoms with van der Waals surface area (Å²) in [4.78, 5) is 26.1. The Morgan fingerprint density at radius 3 is 2.40 bits per heavy atom. The van der Waals surface area contributed by atoms with Gasteiger partial charge in [-0.1, -0.05) is 29.8 Å². The molecule has 0 bridgehead atoms. The van der Waals surface area contributed by atoms with Gasteiger partial charge in [0.15, 0.2) is 0 Å².